The second-order valence-electron chi connectivity index (χ2n) is 2.10. The largest absolute Gasteiger partial charge is 0.426 e. The van der Waals surface area contributed by atoms with Gasteiger partial charge in [-0.3, -0.25) is 4.79 Å². The van der Waals surface area contributed by atoms with Gasteiger partial charge in [0, 0.05) is 21.0 Å². The van der Waals surface area contributed by atoms with E-state index in [2.05, 4.69) is 14.2 Å². The summed E-state index contributed by atoms with van der Waals surface area (Å²) >= 11 is 0. The number of hydrogen-bond acceptors (Lipinski definition) is 5. The van der Waals surface area contributed by atoms with Gasteiger partial charge in [0.1, 0.15) is 6.61 Å². The monoisotopic (exact) mass is 176 g/mol. The van der Waals surface area contributed by atoms with Crippen LogP contribution in [0.25, 0.3) is 0 Å². The molecule has 0 radical (unpaired) electrons. The van der Waals surface area contributed by atoms with Crippen LogP contribution >= 0.6 is 0 Å². The van der Waals surface area contributed by atoms with E-state index in [0.717, 1.165) is 0 Å². The molecule has 0 spiro atoms. The summed E-state index contributed by atoms with van der Waals surface area (Å²) in [6.07, 6.45) is -0.856. The highest BCUT2D eigenvalue weighted by Crippen LogP contribution is 1.94. The third-order valence-corrected chi connectivity index (χ3v) is 0.892. The van der Waals surface area contributed by atoms with Crippen LogP contribution in [0.2, 0.25) is 0 Å². The van der Waals surface area contributed by atoms with Crippen molar-refractivity contribution in [1.29, 1.82) is 0 Å². The van der Waals surface area contributed by atoms with E-state index in [9.17, 15) is 9.59 Å². The van der Waals surface area contributed by atoms with Gasteiger partial charge in [-0.05, 0) is 0 Å². The molecule has 0 rings (SSSR count). The molecule has 0 N–H and O–H groups in total. The summed E-state index contributed by atoms with van der Waals surface area (Å²) in [5.41, 5.74) is 0. The van der Waals surface area contributed by atoms with Gasteiger partial charge in [0.25, 0.3) is 0 Å². The van der Waals surface area contributed by atoms with E-state index in [1.54, 1.807) is 0 Å². The number of methoxy groups -OCH3 is 1. The van der Waals surface area contributed by atoms with Crippen molar-refractivity contribution in [2.75, 3.05) is 13.7 Å². The van der Waals surface area contributed by atoms with Crippen LogP contribution in [0, 0.1) is 0 Å². The van der Waals surface area contributed by atoms with Crippen molar-refractivity contribution in [3.63, 3.8) is 0 Å². The van der Waals surface area contributed by atoms with E-state index >= 15 is 0 Å². The molecule has 0 saturated carbocycles. The summed E-state index contributed by atoms with van der Waals surface area (Å²) in [7, 11) is 1.37. The fraction of sp³-hybridized carbons (Fsp3) is 0.714. The van der Waals surface area contributed by atoms with E-state index in [0.29, 0.717) is 0 Å². The minimum Gasteiger partial charge on any atom is -0.426 e. The van der Waals surface area contributed by atoms with Gasteiger partial charge in [-0.2, -0.15) is 0 Å². The first-order valence-corrected chi connectivity index (χ1v) is 3.42. The molecule has 0 amide bonds. The molecule has 0 aliphatic heterocycles. The Kier molecular flexibility index (Phi) is 5.03. The maximum absolute atomic E-state index is 10.7. The highest BCUT2D eigenvalue weighted by atomic mass is 16.7. The normalized spacial score (nSPS) is 11.9. The van der Waals surface area contributed by atoms with Crippen LogP contribution in [0.1, 0.15) is 13.8 Å². The van der Waals surface area contributed by atoms with Gasteiger partial charge in [-0.15, -0.1) is 0 Å². The first-order chi connectivity index (χ1) is 5.56. The SMILES string of the molecule is COCC(=O)OC(C)OC(C)=O. The highest BCUT2D eigenvalue weighted by Gasteiger charge is 2.10. The first-order valence-electron chi connectivity index (χ1n) is 3.42. The Morgan fingerprint density at radius 2 is 1.92 bits per heavy atom. The van der Waals surface area contributed by atoms with E-state index in [1.807, 2.05) is 0 Å². The molecule has 0 aliphatic carbocycles. The lowest BCUT2D eigenvalue weighted by molar-refractivity contribution is -0.185. The predicted octanol–water partition coefficient (Wildman–Crippen LogP) is 0.0851. The highest BCUT2D eigenvalue weighted by molar-refractivity contribution is 5.71. The van der Waals surface area contributed by atoms with Gasteiger partial charge in [-0.25, -0.2) is 4.79 Å². The van der Waals surface area contributed by atoms with Crippen LogP contribution in [0.3, 0.4) is 0 Å². The van der Waals surface area contributed by atoms with E-state index in [4.69, 9.17) is 0 Å². The molecular formula is C7H12O5. The average molecular weight is 176 g/mol. The zero-order chi connectivity index (χ0) is 9.56. The minimum absolute atomic E-state index is 0.147. The Bertz CT molecular complexity index is 165. The van der Waals surface area contributed by atoms with Crippen molar-refractivity contribution < 1.29 is 23.8 Å². The fourth-order valence-electron chi connectivity index (χ4n) is 0.595. The number of esters is 2. The van der Waals surface area contributed by atoms with Crippen LogP contribution in [0.15, 0.2) is 0 Å². The van der Waals surface area contributed by atoms with Gasteiger partial charge < -0.3 is 14.2 Å². The lowest BCUT2D eigenvalue weighted by Crippen LogP contribution is -2.22. The van der Waals surface area contributed by atoms with Gasteiger partial charge in [0.15, 0.2) is 0 Å². The molecule has 0 aromatic rings. The third kappa shape index (κ3) is 5.67. The number of hydrogen-bond donors (Lipinski definition) is 0. The molecule has 5 heteroatoms. The average Bonchev–Trinajstić information content (AvgIpc) is 1.84. The van der Waals surface area contributed by atoms with Crippen molar-refractivity contribution in [2.24, 2.45) is 0 Å². The quantitative estimate of drug-likeness (QED) is 0.448. The molecule has 70 valence electrons. The van der Waals surface area contributed by atoms with Crippen molar-refractivity contribution in [1.82, 2.24) is 0 Å². The number of rotatable bonds is 4. The van der Waals surface area contributed by atoms with Crippen molar-refractivity contribution in [3.05, 3.63) is 0 Å². The molecule has 0 aliphatic rings. The molecular weight excluding hydrogens is 164 g/mol. The van der Waals surface area contributed by atoms with Gasteiger partial charge in [0.2, 0.25) is 6.29 Å². The minimum atomic E-state index is -0.856. The summed E-state index contributed by atoms with van der Waals surface area (Å²) in [5, 5.41) is 0. The van der Waals surface area contributed by atoms with E-state index in [1.165, 1.54) is 21.0 Å². The van der Waals surface area contributed by atoms with Crippen molar-refractivity contribution in [3.8, 4) is 0 Å². The maximum atomic E-state index is 10.7. The summed E-state index contributed by atoms with van der Waals surface area (Å²) in [6, 6.07) is 0. The molecule has 0 bridgehead atoms. The Labute approximate surface area is 70.6 Å². The number of ether oxygens (including phenoxy) is 3. The van der Waals surface area contributed by atoms with Crippen molar-refractivity contribution >= 4 is 11.9 Å². The molecule has 0 aromatic carbocycles. The molecule has 1 unspecified atom stereocenters. The zero-order valence-electron chi connectivity index (χ0n) is 7.33. The standard InChI is InChI=1S/C7H12O5/c1-5(8)11-6(2)12-7(9)4-10-3/h6H,4H2,1-3H3. The smallest absolute Gasteiger partial charge is 0.335 e. The second kappa shape index (κ2) is 5.54. The van der Waals surface area contributed by atoms with Crippen LogP contribution < -0.4 is 0 Å². The molecule has 0 heterocycles. The molecule has 0 aromatic heterocycles. The van der Waals surface area contributed by atoms with E-state index < -0.39 is 18.2 Å². The summed E-state index contributed by atoms with van der Waals surface area (Å²) in [5.74, 6) is -1.06. The predicted molar refractivity (Wildman–Crippen MR) is 39.2 cm³/mol. The Hall–Kier alpha value is -1.10. The topological polar surface area (TPSA) is 61.8 Å². The number of carbonyl (C=O) groups is 2. The van der Waals surface area contributed by atoms with Gasteiger partial charge >= 0.3 is 11.9 Å². The molecule has 12 heavy (non-hydrogen) atoms. The van der Waals surface area contributed by atoms with Gasteiger partial charge in [-0.1, -0.05) is 0 Å². The molecule has 0 fully saturated rings. The Balaban J connectivity index is 3.61. The van der Waals surface area contributed by atoms with Gasteiger partial charge in [0.05, 0.1) is 0 Å². The van der Waals surface area contributed by atoms with Crippen molar-refractivity contribution in [2.45, 2.75) is 20.1 Å². The fourth-order valence-corrected chi connectivity index (χ4v) is 0.595. The van der Waals surface area contributed by atoms with Crippen LogP contribution in [-0.2, 0) is 23.8 Å². The van der Waals surface area contributed by atoms with Crippen LogP contribution in [0.4, 0.5) is 0 Å². The first kappa shape index (κ1) is 10.9. The maximum Gasteiger partial charge on any atom is 0.335 e. The zero-order valence-corrected chi connectivity index (χ0v) is 7.33. The summed E-state index contributed by atoms with van der Waals surface area (Å²) < 4.78 is 13.6. The van der Waals surface area contributed by atoms with Crippen LogP contribution in [0.5, 0.6) is 0 Å². The van der Waals surface area contributed by atoms with Crippen LogP contribution in [-0.4, -0.2) is 31.9 Å². The lowest BCUT2D eigenvalue weighted by atomic mass is 10.6. The Morgan fingerprint density at radius 1 is 1.33 bits per heavy atom. The second-order valence-corrected chi connectivity index (χ2v) is 2.10. The van der Waals surface area contributed by atoms with E-state index in [-0.39, 0.29) is 6.61 Å². The summed E-state index contributed by atoms with van der Waals surface area (Å²) in [4.78, 5) is 21.0. The summed E-state index contributed by atoms with van der Waals surface area (Å²) in [6.45, 7) is 2.54. The third-order valence-electron chi connectivity index (χ3n) is 0.892. The molecule has 0 saturated heterocycles. The Morgan fingerprint density at radius 3 is 2.33 bits per heavy atom. The molecule has 1 atom stereocenters. The lowest BCUT2D eigenvalue weighted by Gasteiger charge is -2.11. The molecule has 5 nitrogen and oxygen atoms in total. The number of carbonyl (C=O) groups excluding carboxylic acids is 2.